The summed E-state index contributed by atoms with van der Waals surface area (Å²) in [5, 5.41) is 65.8. The van der Waals surface area contributed by atoms with Crippen molar-refractivity contribution in [1.82, 2.24) is 0 Å². The highest BCUT2D eigenvalue weighted by Crippen LogP contribution is 2.37. The van der Waals surface area contributed by atoms with Gasteiger partial charge in [0.25, 0.3) is 0 Å². The van der Waals surface area contributed by atoms with Crippen LogP contribution in [0.1, 0.15) is 111 Å². The molecule has 0 aromatic heterocycles. The van der Waals surface area contributed by atoms with Gasteiger partial charge in [0, 0.05) is 25.5 Å². The number of phenols is 2. The molecule has 2 fully saturated rings. The van der Waals surface area contributed by atoms with Crippen LogP contribution in [-0.4, -0.2) is 147 Å². The minimum Gasteiger partial charge on any atom is -0.508 e. The monoisotopic (exact) mass is 986 g/mol. The van der Waals surface area contributed by atoms with E-state index in [0.717, 1.165) is 6.07 Å². The summed E-state index contributed by atoms with van der Waals surface area (Å²) in [5.74, 6) is -4.49. The summed E-state index contributed by atoms with van der Waals surface area (Å²) in [7, 11) is 1.28. The summed E-state index contributed by atoms with van der Waals surface area (Å²) in [6.45, 7) is 18.0. The molecule has 390 valence electrons. The molecule has 18 nitrogen and oxygen atoms in total. The molecule has 2 saturated heterocycles. The number of ketones is 1. The number of methoxy groups -OCH3 is 1. The number of aromatic hydroxyl groups is 2. The van der Waals surface area contributed by atoms with Gasteiger partial charge in [-0.05, 0) is 96.6 Å². The number of hydrogen-bond donors (Lipinski definition) is 6. The molecule has 0 aliphatic carbocycles. The number of aliphatic hydroxyl groups is 4. The van der Waals surface area contributed by atoms with Crippen LogP contribution in [0.15, 0.2) is 70.9 Å². The van der Waals surface area contributed by atoms with Gasteiger partial charge in [-0.1, -0.05) is 63.6 Å². The summed E-state index contributed by atoms with van der Waals surface area (Å²) in [5.41, 5.74) is 0.745. The number of aliphatic hydroxyl groups excluding tert-OH is 4. The standard InChI is InChI=1S/C52H74O18/c1-13-32-23-35(54)24-37(56)39(32)49(62)67-44-31(9)65-51(45(63-12)42(44)59)64-25-34-17-15-16-18-36(55)28(6)22-33(14-2)43(29(7)21-27(5)19-20-38(30(8)53)66-48(34)61)68-50-41(58)40(57)46(52(10,11)70-50)69-47(60)26(3)4/h15-17,19,21-24,26,31,33,36,38,40-46,50-51,54-59H,13-14,18,20,25H2,1-12H3/b16-15+,27-19+,28-22+,29-21+,34-17+/t31-,33+,36+,38+,40-,41+,42+,43+,44-,45+,46+,50-,51-/m1/s1. The highest BCUT2D eigenvalue weighted by Gasteiger charge is 2.53. The first-order valence-corrected chi connectivity index (χ1v) is 23.8. The van der Waals surface area contributed by atoms with E-state index in [9.17, 15) is 49.8 Å². The lowest BCUT2D eigenvalue weighted by Gasteiger charge is -2.47. The van der Waals surface area contributed by atoms with Gasteiger partial charge in [-0.3, -0.25) is 9.59 Å². The highest BCUT2D eigenvalue weighted by atomic mass is 16.7. The fourth-order valence-corrected chi connectivity index (χ4v) is 8.46. The Morgan fingerprint density at radius 2 is 1.60 bits per heavy atom. The molecule has 3 aliphatic rings. The molecule has 3 heterocycles. The van der Waals surface area contributed by atoms with Crippen LogP contribution < -0.4 is 0 Å². The van der Waals surface area contributed by atoms with Crippen molar-refractivity contribution in [3.63, 3.8) is 0 Å². The van der Waals surface area contributed by atoms with Gasteiger partial charge in [0.05, 0.1) is 36.4 Å². The first-order valence-electron chi connectivity index (χ1n) is 23.8. The molecule has 0 saturated carbocycles. The largest absolute Gasteiger partial charge is 0.508 e. The van der Waals surface area contributed by atoms with Gasteiger partial charge in [-0.2, -0.15) is 0 Å². The Hall–Kier alpha value is -4.76. The molecule has 3 aliphatic heterocycles. The Bertz CT molecular complexity index is 2150. The van der Waals surface area contributed by atoms with Crippen molar-refractivity contribution in [1.29, 1.82) is 0 Å². The number of aryl methyl sites for hydroxylation is 1. The predicted octanol–water partition coefficient (Wildman–Crippen LogP) is 5.14. The average molecular weight is 987 g/mol. The molecule has 6 N–H and O–H groups in total. The maximum Gasteiger partial charge on any atom is 0.342 e. The minimum atomic E-state index is -1.61. The van der Waals surface area contributed by atoms with Crippen LogP contribution in [0.5, 0.6) is 11.5 Å². The SMILES string of the molecule is CCc1cc(O)cc(O)c1C(=O)O[C@H]1[C@H](O)[C@H](OC)[C@H](OC/C2=C\C=C\C[C@H](O)/C(C)=C/[C@H](CC)[C@@H](O[C@@H]3OC(C)(C)[C@@H](OC(=O)C(C)C)[C@H](O)[C@@H]3O)/C(C)=C/C(C)=C/C[C@@H](C(C)=O)OC2=O)O[C@@H]1C. The molecule has 1 aromatic carbocycles. The second kappa shape index (κ2) is 25.6. The third-order valence-electron chi connectivity index (χ3n) is 12.7. The lowest BCUT2D eigenvalue weighted by atomic mass is 9.88. The van der Waals surface area contributed by atoms with Crippen LogP contribution in [0.25, 0.3) is 0 Å². The van der Waals surface area contributed by atoms with Gasteiger partial charge in [0.1, 0.15) is 47.1 Å². The summed E-state index contributed by atoms with van der Waals surface area (Å²) in [6.07, 6.45) is -4.22. The summed E-state index contributed by atoms with van der Waals surface area (Å²) >= 11 is 0. The molecule has 18 heteroatoms. The third-order valence-corrected chi connectivity index (χ3v) is 12.7. The number of ether oxygens (including phenoxy) is 8. The van der Waals surface area contributed by atoms with Gasteiger partial charge >= 0.3 is 17.9 Å². The number of cyclic esters (lactones) is 1. The van der Waals surface area contributed by atoms with E-state index in [1.54, 1.807) is 60.6 Å². The number of carbonyl (C=O) groups excluding carboxylic acids is 4. The molecular formula is C52H74O18. The highest BCUT2D eigenvalue weighted by molar-refractivity contribution is 5.94. The van der Waals surface area contributed by atoms with E-state index in [4.69, 9.17) is 37.9 Å². The first-order chi connectivity index (χ1) is 32.8. The van der Waals surface area contributed by atoms with E-state index in [1.165, 1.54) is 39.2 Å². The number of carbonyl (C=O) groups is 4. The van der Waals surface area contributed by atoms with Crippen molar-refractivity contribution in [2.45, 2.75) is 181 Å². The van der Waals surface area contributed by atoms with Crippen molar-refractivity contribution in [3.05, 3.63) is 82.0 Å². The Balaban J connectivity index is 1.60. The zero-order valence-corrected chi connectivity index (χ0v) is 42.3. The molecule has 1 aromatic rings. The fraction of sp³-hybridized carbons (Fsp3) is 0.615. The van der Waals surface area contributed by atoms with Gasteiger partial charge in [-0.15, -0.1) is 0 Å². The van der Waals surface area contributed by atoms with Gasteiger partial charge in [-0.25, -0.2) is 9.59 Å². The average Bonchev–Trinajstić information content (AvgIpc) is 3.28. The Morgan fingerprint density at radius 1 is 0.914 bits per heavy atom. The zero-order valence-electron chi connectivity index (χ0n) is 42.3. The molecule has 13 atom stereocenters. The number of esters is 3. The van der Waals surface area contributed by atoms with Crippen LogP contribution in [-0.2, 0) is 58.7 Å². The summed E-state index contributed by atoms with van der Waals surface area (Å²) in [6, 6.07) is 2.33. The lowest BCUT2D eigenvalue weighted by molar-refractivity contribution is -0.333. The van der Waals surface area contributed by atoms with Crippen molar-refractivity contribution in [2.24, 2.45) is 11.8 Å². The molecule has 4 rings (SSSR count). The molecule has 70 heavy (non-hydrogen) atoms. The Kier molecular flexibility index (Phi) is 21.1. The van der Waals surface area contributed by atoms with Gasteiger partial charge < -0.3 is 68.5 Å². The van der Waals surface area contributed by atoms with Gasteiger partial charge in [0.2, 0.25) is 0 Å². The van der Waals surface area contributed by atoms with Crippen molar-refractivity contribution < 1.29 is 87.7 Å². The van der Waals surface area contributed by atoms with Crippen molar-refractivity contribution in [2.75, 3.05) is 13.7 Å². The van der Waals surface area contributed by atoms with Crippen LogP contribution in [0.3, 0.4) is 0 Å². The minimum absolute atomic E-state index is 0.0150. The topological polar surface area (TPSA) is 263 Å². The number of rotatable bonds is 13. The van der Waals surface area contributed by atoms with Crippen LogP contribution in [0.2, 0.25) is 0 Å². The molecular weight excluding hydrogens is 913 g/mol. The van der Waals surface area contributed by atoms with E-state index in [2.05, 4.69) is 0 Å². The fourth-order valence-electron chi connectivity index (χ4n) is 8.46. The molecule has 0 radical (unpaired) electrons. The van der Waals surface area contributed by atoms with E-state index < -0.39 is 127 Å². The Labute approximate surface area is 410 Å². The van der Waals surface area contributed by atoms with E-state index in [0.29, 0.717) is 28.7 Å². The quantitative estimate of drug-likeness (QED) is 0.0849. The Morgan fingerprint density at radius 3 is 2.21 bits per heavy atom. The maximum absolute atomic E-state index is 13.9. The maximum atomic E-state index is 13.9. The van der Waals surface area contributed by atoms with E-state index in [-0.39, 0.29) is 36.1 Å². The smallest absolute Gasteiger partial charge is 0.342 e. The number of phenolic OH excluding ortho intramolecular Hbond substituents is 2. The number of allylic oxidation sites excluding steroid dienone is 4. The lowest BCUT2D eigenvalue weighted by Crippen LogP contribution is -2.64. The van der Waals surface area contributed by atoms with Crippen LogP contribution >= 0.6 is 0 Å². The number of benzene rings is 1. The van der Waals surface area contributed by atoms with E-state index in [1.807, 2.05) is 26.0 Å². The third kappa shape index (κ3) is 14.7. The van der Waals surface area contributed by atoms with Crippen LogP contribution in [0, 0.1) is 11.8 Å². The van der Waals surface area contributed by atoms with Crippen molar-refractivity contribution in [3.8, 4) is 11.5 Å². The molecule has 0 unspecified atom stereocenters. The normalized spacial score (nSPS) is 34.9. The first kappa shape index (κ1) is 57.8. The molecule has 0 spiro atoms. The number of Topliss-reactive ketones (excluding diaryl/α,β-unsaturated/α-hetero) is 1. The predicted molar refractivity (Wildman–Crippen MR) is 254 cm³/mol. The van der Waals surface area contributed by atoms with Gasteiger partial charge in [0.15, 0.2) is 36.7 Å². The second-order valence-corrected chi connectivity index (χ2v) is 19.0. The zero-order chi connectivity index (χ0) is 52.4. The number of hydrogen-bond acceptors (Lipinski definition) is 18. The second-order valence-electron chi connectivity index (χ2n) is 19.0. The summed E-state index contributed by atoms with van der Waals surface area (Å²) < 4.78 is 47.3. The van der Waals surface area contributed by atoms with Crippen LogP contribution in [0.4, 0.5) is 0 Å². The van der Waals surface area contributed by atoms with Crippen molar-refractivity contribution >= 4 is 23.7 Å². The molecule has 0 amide bonds. The molecule has 0 bridgehead atoms. The van der Waals surface area contributed by atoms with E-state index >= 15 is 0 Å². The summed E-state index contributed by atoms with van der Waals surface area (Å²) in [4.78, 5) is 52.7.